The van der Waals surface area contributed by atoms with Crippen LogP contribution in [-0.4, -0.2) is 50.9 Å². The van der Waals surface area contributed by atoms with Gasteiger partial charge in [-0.15, -0.1) is 0 Å². The number of rotatable bonds is 35. The van der Waals surface area contributed by atoms with Crippen molar-refractivity contribution >= 4 is 17.9 Å². The second-order valence-corrected chi connectivity index (χ2v) is 12.8. The van der Waals surface area contributed by atoms with Gasteiger partial charge in [-0.25, -0.2) is 0 Å². The van der Waals surface area contributed by atoms with E-state index in [1.54, 1.807) is 7.11 Å². The zero-order chi connectivity index (χ0) is 34.5. The van der Waals surface area contributed by atoms with Gasteiger partial charge in [0.1, 0.15) is 6.10 Å². The van der Waals surface area contributed by atoms with Crippen LogP contribution in [0.4, 0.5) is 0 Å². The smallest absolute Gasteiger partial charge is 0.306 e. The minimum absolute atomic E-state index is 0.0435. The Morgan fingerprint density at radius 1 is 0.468 bits per heavy atom. The Hall–Kier alpha value is -2.15. The van der Waals surface area contributed by atoms with Crippen molar-refractivity contribution in [2.24, 2.45) is 0 Å². The molecule has 0 saturated heterocycles. The summed E-state index contributed by atoms with van der Waals surface area (Å²) in [7, 11) is 1.64. The summed E-state index contributed by atoms with van der Waals surface area (Å²) in [5.41, 5.74) is 0. The highest BCUT2D eigenvalue weighted by molar-refractivity contribution is 5.70. The average molecular weight is 665 g/mol. The molecule has 7 heteroatoms. The summed E-state index contributed by atoms with van der Waals surface area (Å²) in [6.45, 7) is 5.97. The molecular weight excluding hydrogens is 592 g/mol. The normalized spacial score (nSPS) is 11.6. The number of allylic oxidation sites excluding steroid dienone is 4. The van der Waals surface area contributed by atoms with Crippen LogP contribution >= 0.6 is 0 Å². The number of methoxy groups -OCH3 is 1. The van der Waals surface area contributed by atoms with E-state index >= 15 is 0 Å². The van der Waals surface area contributed by atoms with E-state index in [1.807, 2.05) is 0 Å². The van der Waals surface area contributed by atoms with Crippen LogP contribution in [0.1, 0.15) is 181 Å². The minimum atomic E-state index is -0.135. The van der Waals surface area contributed by atoms with Crippen LogP contribution in [0, 0.1) is 0 Å². The summed E-state index contributed by atoms with van der Waals surface area (Å²) < 4.78 is 21.6. The van der Waals surface area contributed by atoms with Crippen molar-refractivity contribution in [2.75, 3.05) is 26.9 Å². The van der Waals surface area contributed by atoms with Crippen molar-refractivity contribution in [2.45, 2.75) is 187 Å². The molecule has 0 aromatic heterocycles. The minimum Gasteiger partial charge on any atom is -0.466 e. The average Bonchev–Trinajstić information content (AvgIpc) is 3.06. The number of unbranched alkanes of at least 4 members (excludes halogenated alkanes) is 14. The van der Waals surface area contributed by atoms with Crippen LogP contribution in [0.2, 0.25) is 0 Å². The Labute approximate surface area is 289 Å². The van der Waals surface area contributed by atoms with Crippen molar-refractivity contribution in [1.29, 1.82) is 0 Å². The summed E-state index contributed by atoms with van der Waals surface area (Å²) in [5, 5.41) is 0. The molecule has 0 aliphatic carbocycles. The summed E-state index contributed by atoms with van der Waals surface area (Å²) >= 11 is 0. The molecular formula is C40H72O7. The lowest BCUT2D eigenvalue weighted by Crippen LogP contribution is -2.18. The van der Waals surface area contributed by atoms with Crippen molar-refractivity contribution in [3.05, 3.63) is 24.3 Å². The third-order valence-electron chi connectivity index (χ3n) is 8.18. The number of ether oxygens (including phenoxy) is 4. The van der Waals surface area contributed by atoms with E-state index in [0.29, 0.717) is 45.5 Å². The molecule has 47 heavy (non-hydrogen) atoms. The van der Waals surface area contributed by atoms with Gasteiger partial charge in [0.25, 0.3) is 0 Å². The molecule has 0 bridgehead atoms. The topological polar surface area (TPSA) is 88.1 Å². The van der Waals surface area contributed by atoms with Crippen molar-refractivity contribution < 1.29 is 33.3 Å². The molecule has 7 nitrogen and oxygen atoms in total. The maximum atomic E-state index is 12.4. The molecule has 0 aromatic carbocycles. The summed E-state index contributed by atoms with van der Waals surface area (Å²) in [5.74, 6) is -0.307. The Balaban J connectivity index is 4.02. The lowest BCUT2D eigenvalue weighted by molar-refractivity contribution is -0.150. The quantitative estimate of drug-likeness (QED) is 0.0288. The molecule has 274 valence electrons. The van der Waals surface area contributed by atoms with E-state index in [-0.39, 0.29) is 24.0 Å². The number of carbonyl (C=O) groups is 3. The molecule has 0 heterocycles. The van der Waals surface area contributed by atoms with Crippen LogP contribution in [0.5, 0.6) is 0 Å². The predicted molar refractivity (Wildman–Crippen MR) is 193 cm³/mol. The van der Waals surface area contributed by atoms with Gasteiger partial charge in [0.15, 0.2) is 0 Å². The van der Waals surface area contributed by atoms with Gasteiger partial charge in [0.2, 0.25) is 0 Å². The van der Waals surface area contributed by atoms with Gasteiger partial charge in [-0.3, -0.25) is 14.4 Å². The van der Waals surface area contributed by atoms with E-state index in [1.165, 1.54) is 25.7 Å². The van der Waals surface area contributed by atoms with E-state index in [2.05, 4.69) is 38.2 Å². The second-order valence-electron chi connectivity index (χ2n) is 12.8. The first-order valence-corrected chi connectivity index (χ1v) is 19.3. The van der Waals surface area contributed by atoms with Gasteiger partial charge in [0, 0.05) is 33.0 Å². The van der Waals surface area contributed by atoms with E-state index in [9.17, 15) is 14.4 Å². The summed E-state index contributed by atoms with van der Waals surface area (Å²) in [6, 6.07) is 0. The largest absolute Gasteiger partial charge is 0.466 e. The maximum absolute atomic E-state index is 12.4. The highest BCUT2D eigenvalue weighted by Gasteiger charge is 2.14. The van der Waals surface area contributed by atoms with E-state index < -0.39 is 0 Å². The molecule has 0 aromatic rings. The van der Waals surface area contributed by atoms with Crippen molar-refractivity contribution in [1.82, 2.24) is 0 Å². The Bertz CT molecular complexity index is 725. The molecule has 0 aliphatic heterocycles. The molecule has 0 rings (SSSR count). The molecule has 0 N–H and O–H groups in total. The third kappa shape index (κ3) is 35.0. The van der Waals surface area contributed by atoms with Crippen LogP contribution in [0.15, 0.2) is 24.3 Å². The number of hydrogen-bond donors (Lipinski definition) is 0. The zero-order valence-electron chi connectivity index (χ0n) is 30.8. The maximum Gasteiger partial charge on any atom is 0.306 e. The van der Waals surface area contributed by atoms with Crippen LogP contribution in [0.25, 0.3) is 0 Å². The van der Waals surface area contributed by atoms with Crippen LogP contribution in [0.3, 0.4) is 0 Å². The van der Waals surface area contributed by atoms with Gasteiger partial charge >= 0.3 is 17.9 Å². The van der Waals surface area contributed by atoms with Crippen LogP contribution < -0.4 is 0 Å². The fraction of sp³-hybridized carbons (Fsp3) is 0.825. The molecule has 0 aliphatic rings. The molecule has 0 spiro atoms. The molecule has 0 atom stereocenters. The fourth-order valence-electron chi connectivity index (χ4n) is 5.25. The van der Waals surface area contributed by atoms with Gasteiger partial charge in [-0.2, -0.15) is 0 Å². The molecule has 0 fully saturated rings. The Morgan fingerprint density at radius 2 is 0.872 bits per heavy atom. The predicted octanol–water partition coefficient (Wildman–Crippen LogP) is 10.9. The van der Waals surface area contributed by atoms with Gasteiger partial charge in [0.05, 0.1) is 13.2 Å². The highest BCUT2D eigenvalue weighted by atomic mass is 16.5. The highest BCUT2D eigenvalue weighted by Crippen LogP contribution is 2.18. The Morgan fingerprint density at radius 3 is 1.32 bits per heavy atom. The summed E-state index contributed by atoms with van der Waals surface area (Å²) in [6.07, 6.45) is 33.6. The third-order valence-corrected chi connectivity index (χ3v) is 8.18. The lowest BCUT2D eigenvalue weighted by atomic mass is 10.0. The standard InChI is InChI=1S/C40H72O7/c1-4-6-8-10-12-20-26-35-45-38(41)31-24-18-14-16-22-29-37(47-40(43)33-28-34-44-3)30-23-17-15-19-25-32-39(42)46-36-27-21-13-11-9-7-5-2/h10-13,37H,4-9,14-36H2,1-3H3/b12-10+,13-11+. The van der Waals surface area contributed by atoms with Gasteiger partial charge < -0.3 is 18.9 Å². The zero-order valence-corrected chi connectivity index (χ0v) is 30.8. The fourth-order valence-corrected chi connectivity index (χ4v) is 5.25. The number of carbonyl (C=O) groups excluding carboxylic acids is 3. The van der Waals surface area contributed by atoms with Crippen molar-refractivity contribution in [3.8, 4) is 0 Å². The molecule has 0 radical (unpaired) electrons. The first-order chi connectivity index (χ1) is 23.0. The first-order valence-electron chi connectivity index (χ1n) is 19.3. The first kappa shape index (κ1) is 44.9. The summed E-state index contributed by atoms with van der Waals surface area (Å²) in [4.78, 5) is 36.3. The Kier molecular flexibility index (Phi) is 35.0. The molecule has 0 saturated carbocycles. The van der Waals surface area contributed by atoms with E-state index in [4.69, 9.17) is 18.9 Å². The van der Waals surface area contributed by atoms with Crippen LogP contribution in [-0.2, 0) is 33.3 Å². The number of hydrogen-bond acceptors (Lipinski definition) is 7. The van der Waals surface area contributed by atoms with Gasteiger partial charge in [-0.1, -0.05) is 102 Å². The van der Waals surface area contributed by atoms with E-state index in [0.717, 1.165) is 116 Å². The molecule has 0 unspecified atom stereocenters. The monoisotopic (exact) mass is 665 g/mol. The SMILES string of the molecule is CCCC/C=C/CCCOC(=O)CCCCCCCC(CCCCCCCC(=O)OCCC/C=C/CCCC)OC(=O)CCCOC. The lowest BCUT2D eigenvalue weighted by Gasteiger charge is -2.18. The van der Waals surface area contributed by atoms with Crippen molar-refractivity contribution in [3.63, 3.8) is 0 Å². The molecule has 0 amide bonds. The second kappa shape index (κ2) is 36.7. The van der Waals surface area contributed by atoms with Gasteiger partial charge in [-0.05, 0) is 83.5 Å². The number of esters is 3.